The highest BCUT2D eigenvalue weighted by Gasteiger charge is 2.34. The molecule has 0 bridgehead atoms. The monoisotopic (exact) mass is 315 g/mol. The summed E-state index contributed by atoms with van der Waals surface area (Å²) in [4.78, 5) is 9.69. The van der Waals surface area contributed by atoms with E-state index < -0.39 is 17.7 Å². The Hall–Kier alpha value is -2.19. The van der Waals surface area contributed by atoms with Gasteiger partial charge in [-0.25, -0.2) is 14.4 Å². The molecule has 5 nitrogen and oxygen atoms in total. The van der Waals surface area contributed by atoms with Crippen LogP contribution < -0.4 is 4.90 Å². The van der Waals surface area contributed by atoms with Gasteiger partial charge >= 0.3 is 6.18 Å². The molecule has 22 heavy (non-hydrogen) atoms. The number of rotatable bonds is 2. The zero-order valence-corrected chi connectivity index (χ0v) is 11.5. The second-order valence-corrected chi connectivity index (χ2v) is 5.10. The van der Waals surface area contributed by atoms with Crippen molar-refractivity contribution in [1.82, 2.24) is 19.7 Å². The maximum atomic E-state index is 12.8. The van der Waals surface area contributed by atoms with Crippen LogP contribution in [0.5, 0.6) is 0 Å². The smallest absolute Gasteiger partial charge is 0.341 e. The Bertz CT molecular complexity index is 629. The third-order valence-electron chi connectivity index (χ3n) is 3.63. The highest BCUT2D eigenvalue weighted by molar-refractivity contribution is 5.29. The average molecular weight is 315 g/mol. The van der Waals surface area contributed by atoms with Gasteiger partial charge in [0.25, 0.3) is 0 Å². The van der Waals surface area contributed by atoms with E-state index >= 15 is 0 Å². The van der Waals surface area contributed by atoms with Gasteiger partial charge in [-0.3, -0.25) is 4.68 Å². The summed E-state index contributed by atoms with van der Waals surface area (Å²) in [5.41, 5.74) is -0.878. The van der Waals surface area contributed by atoms with Crippen molar-refractivity contribution in [1.29, 1.82) is 0 Å². The highest BCUT2D eigenvalue weighted by Crippen LogP contribution is 2.30. The van der Waals surface area contributed by atoms with Gasteiger partial charge in [-0.1, -0.05) is 0 Å². The van der Waals surface area contributed by atoms with Crippen LogP contribution in [-0.4, -0.2) is 32.8 Å². The molecule has 0 atom stereocenters. The number of halogens is 4. The van der Waals surface area contributed by atoms with Crippen molar-refractivity contribution in [3.05, 3.63) is 36.2 Å². The SMILES string of the molecule is Fc1cnc(N2CCC(n3ccc(C(F)(F)F)n3)CC2)nc1. The lowest BCUT2D eigenvalue weighted by atomic mass is 10.1. The van der Waals surface area contributed by atoms with Crippen LogP contribution in [-0.2, 0) is 6.18 Å². The number of hydrogen-bond donors (Lipinski definition) is 0. The third kappa shape index (κ3) is 3.02. The fourth-order valence-corrected chi connectivity index (χ4v) is 2.49. The fraction of sp³-hybridized carbons (Fsp3) is 0.462. The van der Waals surface area contributed by atoms with Gasteiger partial charge in [-0.05, 0) is 18.9 Å². The minimum absolute atomic E-state index is 0.0900. The summed E-state index contributed by atoms with van der Waals surface area (Å²) in [6.45, 7) is 1.16. The van der Waals surface area contributed by atoms with Gasteiger partial charge in [0, 0.05) is 19.3 Å². The highest BCUT2D eigenvalue weighted by atomic mass is 19.4. The molecule has 1 fully saturated rings. The number of alkyl halides is 3. The predicted octanol–water partition coefficient (Wildman–Crippen LogP) is 2.67. The first-order valence-corrected chi connectivity index (χ1v) is 6.78. The van der Waals surface area contributed by atoms with Gasteiger partial charge in [-0.15, -0.1) is 0 Å². The van der Waals surface area contributed by atoms with Crippen LogP contribution in [0, 0.1) is 5.82 Å². The molecule has 0 amide bonds. The average Bonchev–Trinajstić information content (AvgIpc) is 2.98. The molecule has 0 radical (unpaired) electrons. The molecule has 0 saturated carbocycles. The van der Waals surface area contributed by atoms with Gasteiger partial charge in [0.15, 0.2) is 11.5 Å². The Morgan fingerprint density at radius 3 is 2.27 bits per heavy atom. The van der Waals surface area contributed by atoms with Crippen LogP contribution in [0.3, 0.4) is 0 Å². The van der Waals surface area contributed by atoms with Crippen molar-refractivity contribution in [3.8, 4) is 0 Å². The molecule has 1 aliphatic rings. The predicted molar refractivity (Wildman–Crippen MR) is 69.7 cm³/mol. The zero-order valence-electron chi connectivity index (χ0n) is 11.5. The van der Waals surface area contributed by atoms with E-state index in [0.29, 0.717) is 31.9 Å². The fourth-order valence-electron chi connectivity index (χ4n) is 2.49. The molecule has 1 saturated heterocycles. The molecule has 0 unspecified atom stereocenters. The molecule has 0 spiro atoms. The summed E-state index contributed by atoms with van der Waals surface area (Å²) in [6, 6.07) is 0.892. The first-order valence-electron chi connectivity index (χ1n) is 6.78. The van der Waals surface area contributed by atoms with E-state index in [0.717, 1.165) is 18.5 Å². The van der Waals surface area contributed by atoms with Crippen LogP contribution >= 0.6 is 0 Å². The Labute approximate surface area is 123 Å². The van der Waals surface area contributed by atoms with Gasteiger partial charge in [0.2, 0.25) is 5.95 Å². The number of anilines is 1. The van der Waals surface area contributed by atoms with Crippen molar-refractivity contribution in [2.45, 2.75) is 25.1 Å². The lowest BCUT2D eigenvalue weighted by Gasteiger charge is -2.32. The van der Waals surface area contributed by atoms with Crippen LogP contribution in [0.1, 0.15) is 24.6 Å². The lowest BCUT2D eigenvalue weighted by molar-refractivity contribution is -0.141. The van der Waals surface area contributed by atoms with Crippen molar-refractivity contribution in [3.63, 3.8) is 0 Å². The van der Waals surface area contributed by atoms with Crippen molar-refractivity contribution in [2.75, 3.05) is 18.0 Å². The summed E-state index contributed by atoms with van der Waals surface area (Å²) in [6.07, 6.45) is 0.375. The summed E-state index contributed by atoms with van der Waals surface area (Å²) in [5, 5.41) is 3.61. The number of hydrogen-bond acceptors (Lipinski definition) is 4. The molecular formula is C13H13F4N5. The Balaban J connectivity index is 1.64. The Morgan fingerprint density at radius 1 is 1.09 bits per heavy atom. The van der Waals surface area contributed by atoms with Crippen LogP contribution in [0.25, 0.3) is 0 Å². The maximum absolute atomic E-state index is 12.8. The molecule has 0 aromatic carbocycles. The van der Waals surface area contributed by atoms with Crippen LogP contribution in [0.15, 0.2) is 24.7 Å². The third-order valence-corrected chi connectivity index (χ3v) is 3.63. The van der Waals surface area contributed by atoms with Gasteiger partial charge in [0.1, 0.15) is 0 Å². The maximum Gasteiger partial charge on any atom is 0.435 e. The van der Waals surface area contributed by atoms with Crippen molar-refractivity contribution in [2.24, 2.45) is 0 Å². The molecule has 3 rings (SSSR count). The topological polar surface area (TPSA) is 46.8 Å². The number of piperidine rings is 1. The minimum atomic E-state index is -4.42. The van der Waals surface area contributed by atoms with Crippen LogP contribution in [0.4, 0.5) is 23.5 Å². The normalized spacial score (nSPS) is 17.0. The van der Waals surface area contributed by atoms with E-state index in [4.69, 9.17) is 0 Å². The Morgan fingerprint density at radius 2 is 1.73 bits per heavy atom. The van der Waals surface area contributed by atoms with Crippen molar-refractivity contribution < 1.29 is 17.6 Å². The van der Waals surface area contributed by atoms with Crippen molar-refractivity contribution >= 4 is 5.95 Å². The molecule has 0 aliphatic carbocycles. The Kier molecular flexibility index (Phi) is 3.71. The number of aromatic nitrogens is 4. The number of nitrogens with zero attached hydrogens (tertiary/aromatic N) is 5. The van der Waals surface area contributed by atoms with E-state index in [1.165, 1.54) is 10.9 Å². The molecule has 1 aliphatic heterocycles. The standard InChI is InChI=1S/C13H13F4N5/c14-9-7-18-12(19-8-9)21-4-1-10(2-5-21)22-6-3-11(20-22)13(15,16)17/h3,6-8,10H,1-2,4-5H2. The molecule has 9 heteroatoms. The molecular weight excluding hydrogens is 302 g/mol. The molecule has 2 aromatic heterocycles. The van der Waals surface area contributed by atoms with Gasteiger partial charge in [-0.2, -0.15) is 18.3 Å². The molecule has 3 heterocycles. The minimum Gasteiger partial charge on any atom is -0.341 e. The summed E-state index contributed by atoms with van der Waals surface area (Å²) in [5.74, 6) is -0.0776. The van der Waals surface area contributed by atoms with E-state index in [9.17, 15) is 17.6 Å². The van der Waals surface area contributed by atoms with Crippen LogP contribution in [0.2, 0.25) is 0 Å². The first-order chi connectivity index (χ1) is 10.4. The first kappa shape index (κ1) is 14.7. The van der Waals surface area contributed by atoms with E-state index in [1.54, 1.807) is 0 Å². The zero-order chi connectivity index (χ0) is 15.7. The lowest BCUT2D eigenvalue weighted by Crippen LogP contribution is -2.36. The van der Waals surface area contributed by atoms with E-state index in [1.807, 2.05) is 4.90 Å². The summed E-state index contributed by atoms with van der Waals surface area (Å²) < 4.78 is 51.8. The van der Waals surface area contributed by atoms with Gasteiger partial charge < -0.3 is 4.90 Å². The second-order valence-electron chi connectivity index (χ2n) is 5.10. The largest absolute Gasteiger partial charge is 0.435 e. The summed E-state index contributed by atoms with van der Waals surface area (Å²) in [7, 11) is 0. The van der Waals surface area contributed by atoms with E-state index in [-0.39, 0.29) is 6.04 Å². The molecule has 0 N–H and O–H groups in total. The molecule has 118 valence electrons. The second kappa shape index (κ2) is 5.54. The quantitative estimate of drug-likeness (QED) is 0.800. The molecule has 2 aromatic rings. The summed E-state index contributed by atoms with van der Waals surface area (Å²) >= 11 is 0. The van der Waals surface area contributed by atoms with E-state index in [2.05, 4.69) is 15.1 Å². The van der Waals surface area contributed by atoms with Gasteiger partial charge in [0.05, 0.1) is 18.4 Å².